The number of benzene rings is 2. The lowest BCUT2D eigenvalue weighted by atomic mass is 9.93. The van der Waals surface area contributed by atoms with E-state index in [0.29, 0.717) is 0 Å². The smallest absolute Gasteiger partial charge is 0.475 e. The van der Waals surface area contributed by atoms with Crippen LogP contribution in [-0.4, -0.2) is 34.7 Å². The number of anilines is 1. The van der Waals surface area contributed by atoms with Gasteiger partial charge in [0.05, 0.1) is 5.92 Å². The SMILES string of the molecule is O=C(Nc1ccc2ccncc2c1)[C@H]1CCN[C@@H]1c1ccccc1.O=C(O)C(F)(F)F. The van der Waals surface area contributed by atoms with Gasteiger partial charge in [-0.2, -0.15) is 13.2 Å². The zero-order chi connectivity index (χ0) is 22.4. The molecule has 31 heavy (non-hydrogen) atoms. The fourth-order valence-electron chi connectivity index (χ4n) is 3.39. The molecule has 2 heterocycles. The number of pyridine rings is 1. The van der Waals surface area contributed by atoms with Crippen LogP contribution in [0.3, 0.4) is 0 Å². The van der Waals surface area contributed by atoms with Crippen molar-refractivity contribution in [1.82, 2.24) is 10.3 Å². The highest BCUT2D eigenvalue weighted by molar-refractivity contribution is 5.96. The molecule has 1 aromatic heterocycles. The minimum atomic E-state index is -5.08. The lowest BCUT2D eigenvalue weighted by Crippen LogP contribution is -2.28. The number of carboxylic acids is 1. The van der Waals surface area contributed by atoms with E-state index in [4.69, 9.17) is 9.90 Å². The van der Waals surface area contributed by atoms with Crippen molar-refractivity contribution in [3.8, 4) is 0 Å². The molecule has 1 amide bonds. The summed E-state index contributed by atoms with van der Waals surface area (Å²) in [4.78, 5) is 25.8. The molecule has 1 aliphatic rings. The Kier molecular flexibility index (Phi) is 6.86. The first-order valence-corrected chi connectivity index (χ1v) is 9.49. The Bertz CT molecular complexity index is 1060. The number of nitrogens with zero attached hydrogens (tertiary/aromatic N) is 1. The lowest BCUT2D eigenvalue weighted by Gasteiger charge is -2.19. The Hall–Kier alpha value is -3.46. The summed E-state index contributed by atoms with van der Waals surface area (Å²) >= 11 is 0. The van der Waals surface area contributed by atoms with Gasteiger partial charge < -0.3 is 15.7 Å². The number of nitrogens with one attached hydrogen (secondary N) is 2. The number of alkyl halides is 3. The zero-order valence-electron chi connectivity index (χ0n) is 16.3. The van der Waals surface area contributed by atoms with Crippen molar-refractivity contribution < 1.29 is 27.9 Å². The van der Waals surface area contributed by atoms with Gasteiger partial charge in [-0.15, -0.1) is 0 Å². The van der Waals surface area contributed by atoms with Crippen LogP contribution in [0.4, 0.5) is 18.9 Å². The van der Waals surface area contributed by atoms with Crippen LogP contribution >= 0.6 is 0 Å². The first kappa shape index (κ1) is 22.2. The molecule has 3 aromatic rings. The number of fused-ring (bicyclic) bond motifs is 1. The second kappa shape index (κ2) is 9.57. The van der Waals surface area contributed by atoms with Crippen LogP contribution in [0.2, 0.25) is 0 Å². The lowest BCUT2D eigenvalue weighted by molar-refractivity contribution is -0.192. The third kappa shape index (κ3) is 5.79. The third-order valence-corrected chi connectivity index (χ3v) is 4.87. The number of rotatable bonds is 3. The molecule has 1 saturated heterocycles. The third-order valence-electron chi connectivity index (χ3n) is 4.87. The minimum Gasteiger partial charge on any atom is -0.475 e. The number of amides is 1. The van der Waals surface area contributed by atoms with E-state index in [1.54, 1.807) is 6.20 Å². The highest BCUT2D eigenvalue weighted by atomic mass is 19.4. The Balaban J connectivity index is 0.000000339. The largest absolute Gasteiger partial charge is 0.490 e. The fraction of sp³-hybridized carbons (Fsp3) is 0.227. The molecule has 0 bridgehead atoms. The molecule has 2 atom stereocenters. The number of hydrogen-bond acceptors (Lipinski definition) is 4. The van der Waals surface area contributed by atoms with Gasteiger partial charge in [0.2, 0.25) is 5.91 Å². The predicted octanol–water partition coefficient (Wildman–Crippen LogP) is 4.16. The molecule has 4 rings (SSSR count). The van der Waals surface area contributed by atoms with Crippen LogP contribution in [0, 0.1) is 5.92 Å². The van der Waals surface area contributed by atoms with Crippen molar-refractivity contribution in [2.45, 2.75) is 18.6 Å². The van der Waals surface area contributed by atoms with Crippen molar-refractivity contribution in [3.63, 3.8) is 0 Å². The monoisotopic (exact) mass is 431 g/mol. The van der Waals surface area contributed by atoms with Crippen LogP contribution in [0.1, 0.15) is 18.0 Å². The molecule has 0 saturated carbocycles. The summed E-state index contributed by atoms with van der Waals surface area (Å²) in [7, 11) is 0. The molecule has 2 aromatic carbocycles. The summed E-state index contributed by atoms with van der Waals surface area (Å²) in [6, 6.07) is 18.1. The van der Waals surface area contributed by atoms with Crippen LogP contribution in [-0.2, 0) is 9.59 Å². The summed E-state index contributed by atoms with van der Waals surface area (Å²) < 4.78 is 31.7. The van der Waals surface area contributed by atoms with E-state index >= 15 is 0 Å². The van der Waals surface area contributed by atoms with Crippen LogP contribution in [0.5, 0.6) is 0 Å². The first-order valence-electron chi connectivity index (χ1n) is 9.49. The van der Waals surface area contributed by atoms with Gasteiger partial charge in [-0.1, -0.05) is 36.4 Å². The van der Waals surface area contributed by atoms with Crippen molar-refractivity contribution in [2.75, 3.05) is 11.9 Å². The summed E-state index contributed by atoms with van der Waals surface area (Å²) in [6.45, 7) is 0.860. The van der Waals surface area contributed by atoms with Gasteiger partial charge in [0.25, 0.3) is 0 Å². The predicted molar refractivity (Wildman–Crippen MR) is 109 cm³/mol. The molecule has 162 valence electrons. The van der Waals surface area contributed by atoms with Gasteiger partial charge in [0.1, 0.15) is 0 Å². The number of carbonyl (C=O) groups excluding carboxylic acids is 1. The van der Waals surface area contributed by atoms with E-state index in [0.717, 1.165) is 35.0 Å². The Morgan fingerprint density at radius 3 is 2.45 bits per heavy atom. The highest BCUT2D eigenvalue weighted by Crippen LogP contribution is 2.30. The summed E-state index contributed by atoms with van der Waals surface area (Å²) in [6.07, 6.45) is -0.648. The number of aliphatic carboxylic acids is 1. The quantitative estimate of drug-likeness (QED) is 0.579. The van der Waals surface area contributed by atoms with E-state index in [2.05, 4.69) is 27.8 Å². The van der Waals surface area contributed by atoms with Gasteiger partial charge in [-0.3, -0.25) is 9.78 Å². The molecule has 1 fully saturated rings. The fourth-order valence-corrected chi connectivity index (χ4v) is 3.39. The normalized spacial score (nSPS) is 18.2. The van der Waals surface area contributed by atoms with E-state index in [9.17, 15) is 18.0 Å². The Labute approximate surface area is 176 Å². The molecular formula is C22H20F3N3O3. The Morgan fingerprint density at radius 2 is 1.77 bits per heavy atom. The van der Waals surface area contributed by atoms with Crippen molar-refractivity contribution >= 4 is 28.3 Å². The molecule has 9 heteroatoms. The van der Waals surface area contributed by atoms with Crippen molar-refractivity contribution in [3.05, 3.63) is 72.6 Å². The van der Waals surface area contributed by atoms with Gasteiger partial charge >= 0.3 is 12.1 Å². The van der Waals surface area contributed by atoms with Crippen molar-refractivity contribution in [2.24, 2.45) is 5.92 Å². The van der Waals surface area contributed by atoms with Gasteiger partial charge in [-0.25, -0.2) is 4.79 Å². The van der Waals surface area contributed by atoms with E-state index in [1.165, 1.54) is 0 Å². The number of carboxylic acid groups (broad SMARTS) is 1. The van der Waals surface area contributed by atoms with Crippen LogP contribution in [0.15, 0.2) is 67.0 Å². The zero-order valence-corrected chi connectivity index (χ0v) is 16.3. The number of halogens is 3. The molecule has 0 radical (unpaired) electrons. The first-order chi connectivity index (χ1) is 14.8. The Morgan fingerprint density at radius 1 is 1.06 bits per heavy atom. The van der Waals surface area contributed by atoms with E-state index in [-0.39, 0.29) is 17.9 Å². The van der Waals surface area contributed by atoms with Gasteiger partial charge in [-0.05, 0) is 42.1 Å². The highest BCUT2D eigenvalue weighted by Gasteiger charge is 2.38. The number of hydrogen-bond donors (Lipinski definition) is 3. The van der Waals surface area contributed by atoms with Gasteiger partial charge in [0.15, 0.2) is 0 Å². The number of carbonyl (C=O) groups is 2. The molecule has 3 N–H and O–H groups in total. The van der Waals surface area contributed by atoms with Crippen molar-refractivity contribution in [1.29, 1.82) is 0 Å². The molecule has 0 unspecified atom stereocenters. The molecule has 0 spiro atoms. The number of aromatic nitrogens is 1. The standard InChI is InChI=1S/C20H19N3O.C2HF3O2/c24-20(18-9-11-22-19(18)15-4-2-1-3-5-15)23-17-7-6-14-8-10-21-13-16(14)12-17;3-2(4,5)1(6)7/h1-8,10,12-13,18-19,22H,9,11H2,(H,23,24);(H,6,7)/t18-,19+;/m0./s1. The molecular weight excluding hydrogens is 411 g/mol. The molecule has 6 nitrogen and oxygen atoms in total. The molecule has 0 aliphatic carbocycles. The van der Waals surface area contributed by atoms with Crippen LogP contribution < -0.4 is 10.6 Å². The van der Waals surface area contributed by atoms with Gasteiger partial charge in [0, 0.05) is 29.5 Å². The maximum atomic E-state index is 12.8. The average Bonchev–Trinajstić information content (AvgIpc) is 3.24. The van der Waals surface area contributed by atoms with E-state index < -0.39 is 12.1 Å². The maximum Gasteiger partial charge on any atom is 0.490 e. The van der Waals surface area contributed by atoms with Crippen LogP contribution in [0.25, 0.3) is 10.8 Å². The summed E-state index contributed by atoms with van der Waals surface area (Å²) in [5, 5.41) is 15.8. The second-order valence-electron chi connectivity index (χ2n) is 6.97. The van der Waals surface area contributed by atoms with E-state index in [1.807, 2.05) is 48.7 Å². The topological polar surface area (TPSA) is 91.3 Å². The molecule has 1 aliphatic heterocycles. The summed E-state index contributed by atoms with van der Waals surface area (Å²) in [5.74, 6) is -2.75. The second-order valence-corrected chi connectivity index (χ2v) is 6.97. The minimum absolute atomic E-state index is 0.0583. The average molecular weight is 431 g/mol. The summed E-state index contributed by atoms with van der Waals surface area (Å²) in [5.41, 5.74) is 1.98. The maximum absolute atomic E-state index is 12.8.